The SMILES string of the molecule is COc1ccc(C(O)(c2ccc(OCCCC(=O)On3c(O)ccc3O)cc2)c2ccc(OCCCC(=O)On3c(O)ccc3O)cc2)cc1. The molecule has 0 saturated carbocycles. The van der Waals surface area contributed by atoms with Gasteiger partial charge in [0.05, 0.1) is 33.2 Å². The molecule has 0 spiro atoms. The summed E-state index contributed by atoms with van der Waals surface area (Å²) in [6.07, 6.45) is 0.564. The molecular formula is C36H36N2O12. The number of ether oxygens (including phenoxy) is 3. The summed E-state index contributed by atoms with van der Waals surface area (Å²) in [4.78, 5) is 34.0. The lowest BCUT2D eigenvalue weighted by Gasteiger charge is -2.30. The van der Waals surface area contributed by atoms with E-state index in [1.54, 1.807) is 79.9 Å². The topological polar surface area (TPSA) is 191 Å². The number of hydrogen-bond donors (Lipinski definition) is 5. The van der Waals surface area contributed by atoms with Crippen molar-refractivity contribution in [3.8, 4) is 40.8 Å². The summed E-state index contributed by atoms with van der Waals surface area (Å²) >= 11 is 0. The van der Waals surface area contributed by atoms with Crippen LogP contribution in [0.3, 0.4) is 0 Å². The van der Waals surface area contributed by atoms with Crippen molar-refractivity contribution < 1.29 is 59.0 Å². The first-order valence-electron chi connectivity index (χ1n) is 15.5. The Morgan fingerprint density at radius 3 is 1.18 bits per heavy atom. The van der Waals surface area contributed by atoms with Crippen molar-refractivity contribution in [1.82, 2.24) is 9.46 Å². The van der Waals surface area contributed by atoms with E-state index in [9.17, 15) is 35.1 Å². The zero-order valence-corrected chi connectivity index (χ0v) is 27.0. The number of benzene rings is 3. The van der Waals surface area contributed by atoms with Crippen LogP contribution in [0.2, 0.25) is 0 Å². The van der Waals surface area contributed by atoms with Gasteiger partial charge in [0.25, 0.3) is 0 Å². The highest BCUT2D eigenvalue weighted by Crippen LogP contribution is 2.38. The number of nitrogens with zero attached hydrogens (tertiary/aromatic N) is 2. The molecule has 14 nitrogen and oxygen atoms in total. The third kappa shape index (κ3) is 8.22. The van der Waals surface area contributed by atoms with Gasteiger partial charge < -0.3 is 49.4 Å². The zero-order valence-electron chi connectivity index (χ0n) is 27.0. The van der Waals surface area contributed by atoms with E-state index in [1.807, 2.05) is 0 Å². The summed E-state index contributed by atoms with van der Waals surface area (Å²) in [5.74, 6) is -1.30. The van der Waals surface area contributed by atoms with E-state index >= 15 is 0 Å². The van der Waals surface area contributed by atoms with Gasteiger partial charge in [0.2, 0.25) is 23.5 Å². The zero-order chi connectivity index (χ0) is 35.7. The lowest BCUT2D eigenvalue weighted by atomic mass is 9.80. The van der Waals surface area contributed by atoms with E-state index in [1.165, 1.54) is 24.3 Å². The lowest BCUT2D eigenvalue weighted by molar-refractivity contribution is -0.146. The van der Waals surface area contributed by atoms with Gasteiger partial charge in [-0.15, -0.1) is 9.46 Å². The fourth-order valence-electron chi connectivity index (χ4n) is 5.02. The highest BCUT2D eigenvalue weighted by molar-refractivity contribution is 5.70. The maximum absolute atomic E-state index is 12.3. The van der Waals surface area contributed by atoms with E-state index in [0.717, 1.165) is 0 Å². The number of aromatic hydroxyl groups is 4. The Labute approximate surface area is 286 Å². The third-order valence-electron chi connectivity index (χ3n) is 7.62. The van der Waals surface area contributed by atoms with Crippen molar-refractivity contribution >= 4 is 11.9 Å². The number of methoxy groups -OCH3 is 1. The fraction of sp³-hybridized carbons (Fsp3) is 0.222. The molecule has 3 aromatic carbocycles. The van der Waals surface area contributed by atoms with Gasteiger partial charge in [-0.25, -0.2) is 9.59 Å². The molecule has 0 amide bonds. The van der Waals surface area contributed by atoms with Crippen molar-refractivity contribution in [2.75, 3.05) is 20.3 Å². The normalized spacial score (nSPS) is 11.2. The van der Waals surface area contributed by atoms with Gasteiger partial charge in [-0.05, 0) is 65.9 Å². The largest absolute Gasteiger partial charge is 0.497 e. The highest BCUT2D eigenvalue weighted by Gasteiger charge is 2.34. The van der Waals surface area contributed by atoms with Crippen LogP contribution in [0.15, 0.2) is 97.1 Å². The van der Waals surface area contributed by atoms with Crippen LogP contribution in [-0.4, -0.2) is 67.3 Å². The van der Waals surface area contributed by atoms with Crippen LogP contribution in [0.5, 0.6) is 40.8 Å². The number of carbonyl (C=O) groups excluding carboxylic acids is 2. The van der Waals surface area contributed by atoms with Gasteiger partial charge in [-0.3, -0.25) is 0 Å². The molecule has 5 aromatic rings. The van der Waals surface area contributed by atoms with Gasteiger partial charge in [-0.2, -0.15) is 0 Å². The molecule has 14 heteroatoms. The minimum atomic E-state index is -1.58. The highest BCUT2D eigenvalue weighted by atomic mass is 16.7. The van der Waals surface area contributed by atoms with E-state index in [0.29, 0.717) is 56.2 Å². The molecule has 0 radical (unpaired) electrons. The molecule has 262 valence electrons. The molecule has 0 unspecified atom stereocenters. The molecule has 0 aliphatic rings. The minimum absolute atomic E-state index is 0.0240. The molecule has 5 rings (SSSR count). The van der Waals surface area contributed by atoms with Gasteiger partial charge in [0.1, 0.15) is 22.8 Å². The van der Waals surface area contributed by atoms with Gasteiger partial charge in [0, 0.05) is 24.3 Å². The average Bonchev–Trinajstić information content (AvgIpc) is 3.62. The minimum Gasteiger partial charge on any atom is -0.497 e. The Hall–Kier alpha value is -6.28. The Kier molecular flexibility index (Phi) is 11.0. The van der Waals surface area contributed by atoms with Crippen LogP contribution in [0.25, 0.3) is 0 Å². The standard InChI is InChI=1S/C36H36N2O12/c1-46-27-12-6-24(7-13-27)36(45,25-8-14-28(15-9-25)47-22-2-4-34(43)49-37-30(39)18-19-31(37)40)26-10-16-29(17-11-26)48-23-3-5-35(44)50-38-32(41)20-21-33(38)42/h6-21,39-42,45H,2-5,22-23H2,1H3. The number of carbonyl (C=O) groups is 2. The lowest BCUT2D eigenvalue weighted by Crippen LogP contribution is -2.28. The Morgan fingerprint density at radius 1 is 0.540 bits per heavy atom. The van der Waals surface area contributed by atoms with Crippen molar-refractivity contribution in [3.05, 3.63) is 114 Å². The van der Waals surface area contributed by atoms with Crippen molar-refractivity contribution in [3.63, 3.8) is 0 Å². The van der Waals surface area contributed by atoms with Crippen molar-refractivity contribution in [2.45, 2.75) is 31.3 Å². The van der Waals surface area contributed by atoms with Crippen molar-refractivity contribution in [2.24, 2.45) is 0 Å². The third-order valence-corrected chi connectivity index (χ3v) is 7.62. The maximum atomic E-state index is 12.3. The molecular weight excluding hydrogens is 652 g/mol. The molecule has 5 N–H and O–H groups in total. The summed E-state index contributed by atoms with van der Waals surface area (Å²) in [5.41, 5.74) is 0.105. The number of rotatable bonds is 16. The van der Waals surface area contributed by atoms with Crippen LogP contribution >= 0.6 is 0 Å². The smallest absolute Gasteiger partial charge is 0.333 e. The van der Waals surface area contributed by atoms with E-state index in [4.69, 9.17) is 23.9 Å². The molecule has 2 aromatic heterocycles. The predicted molar refractivity (Wildman–Crippen MR) is 176 cm³/mol. The molecule has 0 fully saturated rings. The van der Waals surface area contributed by atoms with E-state index < -0.39 is 41.1 Å². The van der Waals surface area contributed by atoms with Crippen LogP contribution < -0.4 is 23.9 Å². The number of aromatic nitrogens is 2. The Morgan fingerprint density at radius 2 is 0.860 bits per heavy atom. The summed E-state index contributed by atoms with van der Waals surface area (Å²) < 4.78 is 18.1. The quantitative estimate of drug-likeness (QED) is 0.0740. The Bertz CT molecular complexity index is 1730. The second-order valence-corrected chi connectivity index (χ2v) is 11.0. The van der Waals surface area contributed by atoms with E-state index in [2.05, 4.69) is 0 Å². The van der Waals surface area contributed by atoms with Crippen LogP contribution in [0, 0.1) is 0 Å². The number of hydrogen-bond acceptors (Lipinski definition) is 12. The van der Waals surface area contributed by atoms with Crippen molar-refractivity contribution in [1.29, 1.82) is 0 Å². The molecule has 0 bridgehead atoms. The summed E-state index contributed by atoms with van der Waals surface area (Å²) in [7, 11) is 1.56. The second-order valence-electron chi connectivity index (χ2n) is 11.0. The van der Waals surface area contributed by atoms with Crippen LogP contribution in [0.4, 0.5) is 0 Å². The summed E-state index contributed by atoms with van der Waals surface area (Å²) in [6, 6.07) is 25.6. The van der Waals surface area contributed by atoms with Gasteiger partial charge in [-0.1, -0.05) is 36.4 Å². The maximum Gasteiger partial charge on any atom is 0.333 e. The van der Waals surface area contributed by atoms with Gasteiger partial charge >= 0.3 is 11.9 Å². The monoisotopic (exact) mass is 688 g/mol. The number of aliphatic hydroxyl groups is 1. The molecule has 0 aliphatic heterocycles. The van der Waals surface area contributed by atoms with Crippen LogP contribution in [0.1, 0.15) is 42.4 Å². The first-order valence-corrected chi connectivity index (χ1v) is 15.5. The average molecular weight is 689 g/mol. The predicted octanol–water partition coefficient (Wildman–Crippen LogP) is 4.03. The second kappa shape index (κ2) is 15.7. The molecule has 0 atom stereocenters. The summed E-state index contributed by atoms with van der Waals surface area (Å²) in [5, 5.41) is 50.7. The van der Waals surface area contributed by atoms with Gasteiger partial charge in [0.15, 0.2) is 0 Å². The van der Waals surface area contributed by atoms with Crippen LogP contribution in [-0.2, 0) is 15.2 Å². The first kappa shape index (κ1) is 35.0. The molecule has 0 saturated heterocycles. The molecule has 0 aliphatic carbocycles. The fourth-order valence-corrected chi connectivity index (χ4v) is 5.02. The molecule has 50 heavy (non-hydrogen) atoms. The molecule has 2 heterocycles. The first-order chi connectivity index (χ1) is 24.1. The summed E-state index contributed by atoms with van der Waals surface area (Å²) in [6.45, 7) is 0.369. The van der Waals surface area contributed by atoms with E-state index in [-0.39, 0.29) is 26.1 Å². The Balaban J connectivity index is 1.19.